The lowest BCUT2D eigenvalue weighted by Crippen LogP contribution is -2.11. The second-order valence-electron chi connectivity index (χ2n) is 7.90. The summed E-state index contributed by atoms with van der Waals surface area (Å²) < 4.78 is 23.6. The van der Waals surface area contributed by atoms with Gasteiger partial charge < -0.3 is 0 Å². The van der Waals surface area contributed by atoms with Gasteiger partial charge in [-0.05, 0) is 77.8 Å². The van der Waals surface area contributed by atoms with Crippen molar-refractivity contribution in [2.45, 2.75) is 48.4 Å². The molecule has 2 aliphatic carbocycles. The predicted octanol–water partition coefficient (Wildman–Crippen LogP) is 5.47. The van der Waals surface area contributed by atoms with Crippen molar-refractivity contribution >= 4 is 32.7 Å². The standard InChI is InChI=1S/C22H25NO2S2/c1-26-21-10-7-17(15-23-21)20-14-22(11-3-4-12-22)13-19(20)16-5-8-18(9-6-16)27(2,24)25/h5-10,15H,3-4,11-14H2,1-2H3. The fraction of sp³-hybridized carbons (Fsp3) is 0.409. The molecule has 142 valence electrons. The average molecular weight is 400 g/mol. The van der Waals surface area contributed by atoms with Crippen molar-refractivity contribution in [1.29, 1.82) is 0 Å². The summed E-state index contributed by atoms with van der Waals surface area (Å²) in [5.41, 5.74) is 5.51. The first-order valence-corrected chi connectivity index (χ1v) is 12.5. The molecule has 2 aliphatic rings. The van der Waals surface area contributed by atoms with Crippen LogP contribution in [0.1, 0.15) is 49.7 Å². The van der Waals surface area contributed by atoms with Crippen molar-refractivity contribution in [3.8, 4) is 0 Å². The van der Waals surface area contributed by atoms with Gasteiger partial charge in [-0.3, -0.25) is 0 Å². The number of pyridine rings is 1. The zero-order valence-corrected chi connectivity index (χ0v) is 17.5. The summed E-state index contributed by atoms with van der Waals surface area (Å²) in [7, 11) is -3.17. The van der Waals surface area contributed by atoms with Crippen molar-refractivity contribution in [2.75, 3.05) is 12.5 Å². The molecule has 0 bridgehead atoms. The third-order valence-electron chi connectivity index (χ3n) is 6.06. The van der Waals surface area contributed by atoms with Crippen LogP contribution < -0.4 is 0 Å². The summed E-state index contributed by atoms with van der Waals surface area (Å²) in [5.74, 6) is 0. The first-order chi connectivity index (χ1) is 12.9. The molecule has 2 aromatic rings. The Bertz CT molecular complexity index is 968. The maximum Gasteiger partial charge on any atom is 0.175 e. The van der Waals surface area contributed by atoms with E-state index in [9.17, 15) is 8.42 Å². The number of hydrogen-bond donors (Lipinski definition) is 0. The molecule has 0 N–H and O–H groups in total. The van der Waals surface area contributed by atoms with Gasteiger partial charge in [0.1, 0.15) is 0 Å². The third-order valence-corrected chi connectivity index (χ3v) is 7.85. The Hall–Kier alpha value is -1.59. The maximum atomic E-state index is 11.8. The highest BCUT2D eigenvalue weighted by molar-refractivity contribution is 7.98. The van der Waals surface area contributed by atoms with Crippen molar-refractivity contribution < 1.29 is 8.42 Å². The lowest BCUT2D eigenvalue weighted by Gasteiger charge is -2.23. The fourth-order valence-electron chi connectivity index (χ4n) is 4.64. The number of hydrogen-bond acceptors (Lipinski definition) is 4. The molecule has 1 heterocycles. The molecule has 4 rings (SSSR count). The molecule has 1 saturated carbocycles. The van der Waals surface area contributed by atoms with E-state index >= 15 is 0 Å². The van der Waals surface area contributed by atoms with Crippen LogP contribution in [-0.4, -0.2) is 25.9 Å². The molecule has 0 saturated heterocycles. The summed E-state index contributed by atoms with van der Waals surface area (Å²) in [6.07, 6.45) is 12.7. The summed E-state index contributed by atoms with van der Waals surface area (Å²) in [4.78, 5) is 4.96. The van der Waals surface area contributed by atoms with E-state index in [-0.39, 0.29) is 0 Å². The SMILES string of the molecule is CSc1ccc(C2=C(c3ccc(S(C)(=O)=O)cc3)CC3(CCCC3)C2)cn1. The van der Waals surface area contributed by atoms with Gasteiger partial charge in [0, 0.05) is 12.5 Å². The molecule has 27 heavy (non-hydrogen) atoms. The molecular weight excluding hydrogens is 374 g/mol. The fourth-order valence-corrected chi connectivity index (χ4v) is 5.63. The lowest BCUT2D eigenvalue weighted by molar-refractivity contribution is 0.330. The lowest BCUT2D eigenvalue weighted by atomic mass is 9.81. The molecule has 0 atom stereocenters. The summed E-state index contributed by atoms with van der Waals surface area (Å²) >= 11 is 1.66. The van der Waals surface area contributed by atoms with E-state index in [0.717, 1.165) is 23.4 Å². The molecule has 0 amide bonds. The van der Waals surface area contributed by atoms with Crippen LogP contribution in [-0.2, 0) is 9.84 Å². The summed E-state index contributed by atoms with van der Waals surface area (Å²) in [5, 5.41) is 1.03. The van der Waals surface area contributed by atoms with Gasteiger partial charge in [-0.2, -0.15) is 0 Å². The molecule has 5 heteroatoms. The molecule has 1 aromatic carbocycles. The molecular formula is C22H25NO2S2. The van der Waals surface area contributed by atoms with Crippen LogP contribution in [0.4, 0.5) is 0 Å². The van der Waals surface area contributed by atoms with Crippen LogP contribution in [0.2, 0.25) is 0 Å². The minimum Gasteiger partial charge on any atom is -0.249 e. The molecule has 0 radical (unpaired) electrons. The Kier molecular flexibility index (Phi) is 4.93. The van der Waals surface area contributed by atoms with Gasteiger partial charge in [-0.1, -0.05) is 31.0 Å². The Morgan fingerprint density at radius 3 is 2.04 bits per heavy atom. The van der Waals surface area contributed by atoms with Crippen LogP contribution in [0.25, 0.3) is 11.1 Å². The van der Waals surface area contributed by atoms with Crippen molar-refractivity contribution in [2.24, 2.45) is 5.41 Å². The summed E-state index contributed by atoms with van der Waals surface area (Å²) in [6.45, 7) is 0. The molecule has 1 aromatic heterocycles. The van der Waals surface area contributed by atoms with Gasteiger partial charge in [0.15, 0.2) is 9.84 Å². The van der Waals surface area contributed by atoms with Gasteiger partial charge in [-0.15, -0.1) is 11.8 Å². The number of thioether (sulfide) groups is 1. The molecule has 1 spiro atoms. The van der Waals surface area contributed by atoms with E-state index in [1.807, 2.05) is 24.6 Å². The molecule has 1 fully saturated rings. The van der Waals surface area contributed by atoms with Gasteiger partial charge in [-0.25, -0.2) is 13.4 Å². The highest BCUT2D eigenvalue weighted by atomic mass is 32.2. The number of sulfone groups is 1. The molecule has 0 aliphatic heterocycles. The number of rotatable bonds is 4. The Balaban J connectivity index is 1.76. The van der Waals surface area contributed by atoms with Crippen molar-refractivity contribution in [1.82, 2.24) is 4.98 Å². The van der Waals surface area contributed by atoms with Gasteiger partial charge in [0.25, 0.3) is 0 Å². The minimum atomic E-state index is -3.17. The van der Waals surface area contributed by atoms with Gasteiger partial charge in [0.2, 0.25) is 0 Å². The largest absolute Gasteiger partial charge is 0.249 e. The molecule has 3 nitrogen and oxygen atoms in total. The number of allylic oxidation sites excluding steroid dienone is 2. The van der Waals surface area contributed by atoms with E-state index in [4.69, 9.17) is 0 Å². The van der Waals surface area contributed by atoms with Crippen LogP contribution in [0, 0.1) is 5.41 Å². The molecule has 0 unspecified atom stereocenters. The van der Waals surface area contributed by atoms with Crippen LogP contribution >= 0.6 is 11.8 Å². The Labute approximate surface area is 166 Å². The number of aromatic nitrogens is 1. The van der Waals surface area contributed by atoms with E-state index in [1.165, 1.54) is 48.6 Å². The smallest absolute Gasteiger partial charge is 0.175 e. The zero-order valence-electron chi connectivity index (χ0n) is 15.9. The average Bonchev–Trinajstić information content (AvgIpc) is 3.28. The third kappa shape index (κ3) is 3.72. The van der Waals surface area contributed by atoms with E-state index in [0.29, 0.717) is 10.3 Å². The Morgan fingerprint density at radius 2 is 1.52 bits per heavy atom. The minimum absolute atomic E-state index is 0.382. The van der Waals surface area contributed by atoms with E-state index in [2.05, 4.69) is 17.1 Å². The monoisotopic (exact) mass is 399 g/mol. The highest BCUT2D eigenvalue weighted by Crippen LogP contribution is 2.57. The van der Waals surface area contributed by atoms with Crippen molar-refractivity contribution in [3.05, 3.63) is 53.7 Å². The first-order valence-electron chi connectivity index (χ1n) is 9.43. The quantitative estimate of drug-likeness (QED) is 0.640. The highest BCUT2D eigenvalue weighted by Gasteiger charge is 2.41. The second-order valence-corrected chi connectivity index (χ2v) is 10.7. The van der Waals surface area contributed by atoms with Gasteiger partial charge in [0.05, 0.1) is 9.92 Å². The Morgan fingerprint density at radius 1 is 0.926 bits per heavy atom. The van der Waals surface area contributed by atoms with Crippen molar-refractivity contribution in [3.63, 3.8) is 0 Å². The van der Waals surface area contributed by atoms with E-state index < -0.39 is 9.84 Å². The maximum absolute atomic E-state index is 11.8. The normalized spacial score (nSPS) is 19.2. The summed E-state index contributed by atoms with van der Waals surface area (Å²) in [6, 6.07) is 11.7. The first kappa shape index (κ1) is 18.8. The second kappa shape index (κ2) is 7.10. The number of benzene rings is 1. The van der Waals surface area contributed by atoms with Crippen LogP contribution in [0.3, 0.4) is 0 Å². The predicted molar refractivity (Wildman–Crippen MR) is 113 cm³/mol. The van der Waals surface area contributed by atoms with E-state index in [1.54, 1.807) is 23.9 Å². The van der Waals surface area contributed by atoms with Crippen LogP contribution in [0.15, 0.2) is 52.5 Å². The van der Waals surface area contributed by atoms with Crippen LogP contribution in [0.5, 0.6) is 0 Å². The van der Waals surface area contributed by atoms with Gasteiger partial charge >= 0.3 is 0 Å². The zero-order chi connectivity index (χ0) is 19.1. The number of nitrogens with zero attached hydrogens (tertiary/aromatic N) is 1. The topological polar surface area (TPSA) is 47.0 Å².